The van der Waals surface area contributed by atoms with Gasteiger partial charge in [-0.2, -0.15) is 0 Å². The van der Waals surface area contributed by atoms with Gasteiger partial charge in [0.2, 0.25) is 5.91 Å². The van der Waals surface area contributed by atoms with Gasteiger partial charge < -0.3 is 89.9 Å². The molecular formula is C66H119NO18. The predicted molar refractivity (Wildman–Crippen MR) is 328 cm³/mol. The van der Waals surface area contributed by atoms with Crippen LogP contribution in [-0.4, -0.2) is 193 Å². The third-order valence-electron chi connectivity index (χ3n) is 16.6. The van der Waals surface area contributed by atoms with Crippen LogP contribution in [0.25, 0.3) is 0 Å². The molecule has 17 unspecified atom stereocenters. The van der Waals surface area contributed by atoms with Crippen molar-refractivity contribution in [2.45, 2.75) is 336 Å². The number of ether oxygens (including phenoxy) is 6. The first-order chi connectivity index (χ1) is 41.3. The summed E-state index contributed by atoms with van der Waals surface area (Å²) < 4.78 is 34.0. The molecule has 3 heterocycles. The van der Waals surface area contributed by atoms with Gasteiger partial charge in [0.25, 0.3) is 0 Å². The Morgan fingerprint density at radius 2 is 0.800 bits per heavy atom. The molecule has 0 aromatic carbocycles. The minimum atomic E-state index is -1.97. The second-order valence-electron chi connectivity index (χ2n) is 23.9. The Balaban J connectivity index is 1.21. The fourth-order valence-corrected chi connectivity index (χ4v) is 11.1. The Morgan fingerprint density at radius 1 is 0.424 bits per heavy atom. The van der Waals surface area contributed by atoms with Gasteiger partial charge in [-0.05, 0) is 51.4 Å². The number of allylic oxidation sites excluding steroid dienone is 7. The maximum Gasteiger partial charge on any atom is 0.220 e. The van der Waals surface area contributed by atoms with Crippen molar-refractivity contribution in [1.29, 1.82) is 0 Å². The third kappa shape index (κ3) is 31.4. The molecule has 3 saturated heterocycles. The van der Waals surface area contributed by atoms with Crippen LogP contribution in [0.2, 0.25) is 0 Å². The number of hydrogen-bond acceptors (Lipinski definition) is 18. The average molecular weight is 1210 g/mol. The van der Waals surface area contributed by atoms with Crippen molar-refractivity contribution in [3.05, 3.63) is 48.6 Å². The number of rotatable bonds is 50. The smallest absolute Gasteiger partial charge is 0.220 e. The van der Waals surface area contributed by atoms with Crippen LogP contribution in [0.5, 0.6) is 0 Å². The SMILES string of the molecule is CCC/C=C/C(O)C(COC1OC(CO)C(OC2OC(CO)C(OC3OC(CO)C(O)C(O)C3O)C(O)C2O)C(O)C1O)NC(=O)CCCCCCCCCCCCCCCCCCCCCCCC/C=C\C/C=C\C/C=C\CCCCCCC. The van der Waals surface area contributed by atoms with Crippen molar-refractivity contribution < 1.29 is 89.4 Å². The molecule has 496 valence electrons. The molecule has 3 aliphatic rings. The molecule has 3 fully saturated rings. The normalized spacial score (nSPS) is 29.3. The Morgan fingerprint density at radius 3 is 1.24 bits per heavy atom. The number of hydrogen-bond donors (Lipinski definition) is 12. The van der Waals surface area contributed by atoms with Gasteiger partial charge in [-0.1, -0.05) is 223 Å². The Hall–Kier alpha value is -2.25. The molecule has 19 nitrogen and oxygen atoms in total. The summed E-state index contributed by atoms with van der Waals surface area (Å²) in [6.45, 7) is 1.47. The zero-order valence-corrected chi connectivity index (χ0v) is 52.1. The van der Waals surface area contributed by atoms with Gasteiger partial charge >= 0.3 is 0 Å². The van der Waals surface area contributed by atoms with E-state index in [4.69, 9.17) is 28.4 Å². The van der Waals surface area contributed by atoms with Crippen molar-refractivity contribution in [3.63, 3.8) is 0 Å². The van der Waals surface area contributed by atoms with E-state index in [0.29, 0.717) is 12.8 Å². The zero-order chi connectivity index (χ0) is 61.9. The highest BCUT2D eigenvalue weighted by Gasteiger charge is 2.53. The Kier molecular flexibility index (Phi) is 44.0. The summed E-state index contributed by atoms with van der Waals surface area (Å²) in [5.41, 5.74) is 0. The van der Waals surface area contributed by atoms with Gasteiger partial charge in [-0.25, -0.2) is 0 Å². The predicted octanol–water partition coefficient (Wildman–Crippen LogP) is 7.83. The van der Waals surface area contributed by atoms with Crippen molar-refractivity contribution in [1.82, 2.24) is 5.32 Å². The molecule has 0 saturated carbocycles. The van der Waals surface area contributed by atoms with E-state index in [0.717, 1.165) is 38.5 Å². The standard InChI is InChI=1S/C66H119NO18/c1-3-5-7-8-9-10-11-12-13-14-15-16-17-18-19-20-21-22-23-24-25-26-27-28-29-30-31-32-33-34-35-36-37-38-39-40-42-44-54(72)67-49(50(71)43-41-6-4-2)48-80-64-60(78)57(75)62(52(46-69)82-64)85-66-61(79)58(76)63(53(47-70)83-66)84-65-59(77)56(74)55(73)51(45-68)81-65/h11-12,14-15,17-18,41,43,49-53,55-66,68-71,73-79H,3-10,13,16,19-40,42,44-48H2,1-2H3,(H,67,72)/b12-11-,15-14-,18-17-,43-41+. The zero-order valence-electron chi connectivity index (χ0n) is 52.1. The third-order valence-corrected chi connectivity index (χ3v) is 16.6. The molecule has 17 atom stereocenters. The summed E-state index contributed by atoms with van der Waals surface area (Å²) in [5, 5.41) is 119. The molecule has 85 heavy (non-hydrogen) atoms. The van der Waals surface area contributed by atoms with Crippen LogP contribution in [0.1, 0.15) is 232 Å². The second-order valence-corrected chi connectivity index (χ2v) is 23.9. The van der Waals surface area contributed by atoms with Gasteiger partial charge in [-0.3, -0.25) is 4.79 Å². The lowest BCUT2D eigenvalue weighted by atomic mass is 9.96. The van der Waals surface area contributed by atoms with Crippen LogP contribution in [0.3, 0.4) is 0 Å². The number of carbonyl (C=O) groups excluding carboxylic acids is 1. The lowest BCUT2D eigenvalue weighted by Gasteiger charge is -2.48. The first-order valence-corrected chi connectivity index (χ1v) is 33.4. The number of aliphatic hydroxyl groups excluding tert-OH is 11. The summed E-state index contributed by atoms with van der Waals surface area (Å²) in [4.78, 5) is 13.2. The lowest BCUT2D eigenvalue weighted by molar-refractivity contribution is -0.379. The Bertz CT molecular complexity index is 1740. The maximum atomic E-state index is 13.2. The van der Waals surface area contributed by atoms with Crippen molar-refractivity contribution in [2.75, 3.05) is 26.4 Å². The summed E-state index contributed by atoms with van der Waals surface area (Å²) in [5.74, 6) is -0.286. The molecule has 0 bridgehead atoms. The fourth-order valence-electron chi connectivity index (χ4n) is 11.1. The summed E-state index contributed by atoms with van der Waals surface area (Å²) in [6, 6.07) is -0.967. The van der Waals surface area contributed by atoms with E-state index < -0.39 is 124 Å². The highest BCUT2D eigenvalue weighted by Crippen LogP contribution is 2.33. The highest BCUT2D eigenvalue weighted by molar-refractivity contribution is 5.76. The first-order valence-electron chi connectivity index (χ1n) is 33.4. The molecule has 0 aromatic rings. The number of aliphatic hydroxyl groups is 11. The summed E-state index contributed by atoms with van der Waals surface area (Å²) in [7, 11) is 0. The molecular weight excluding hydrogens is 1090 g/mol. The van der Waals surface area contributed by atoms with Crippen LogP contribution >= 0.6 is 0 Å². The van der Waals surface area contributed by atoms with E-state index in [2.05, 4.69) is 48.7 Å². The second kappa shape index (κ2) is 48.6. The minimum Gasteiger partial charge on any atom is -0.394 e. The summed E-state index contributed by atoms with van der Waals surface area (Å²) in [6.07, 6.45) is 31.3. The van der Waals surface area contributed by atoms with Gasteiger partial charge in [0, 0.05) is 6.42 Å². The monoisotopic (exact) mass is 1210 g/mol. The van der Waals surface area contributed by atoms with E-state index >= 15 is 0 Å². The van der Waals surface area contributed by atoms with Crippen LogP contribution in [0, 0.1) is 0 Å². The maximum absolute atomic E-state index is 13.2. The highest BCUT2D eigenvalue weighted by atomic mass is 16.8. The van der Waals surface area contributed by atoms with Crippen molar-refractivity contribution in [2.24, 2.45) is 0 Å². The molecule has 19 heteroatoms. The number of nitrogens with one attached hydrogen (secondary N) is 1. The first kappa shape index (κ1) is 77.0. The van der Waals surface area contributed by atoms with E-state index in [-0.39, 0.29) is 18.9 Å². The van der Waals surface area contributed by atoms with Crippen LogP contribution in [-0.2, 0) is 33.2 Å². The van der Waals surface area contributed by atoms with Gasteiger partial charge in [-0.15, -0.1) is 0 Å². The van der Waals surface area contributed by atoms with Gasteiger partial charge in [0.15, 0.2) is 18.9 Å². The van der Waals surface area contributed by atoms with Gasteiger partial charge in [0.05, 0.1) is 38.6 Å². The van der Waals surface area contributed by atoms with Crippen LogP contribution < -0.4 is 5.32 Å². The molecule has 0 aliphatic carbocycles. The van der Waals surface area contributed by atoms with Crippen molar-refractivity contribution in [3.8, 4) is 0 Å². The molecule has 0 aromatic heterocycles. The average Bonchev–Trinajstić information content (AvgIpc) is 3.63. The van der Waals surface area contributed by atoms with E-state index in [1.807, 2.05) is 6.92 Å². The van der Waals surface area contributed by atoms with Crippen molar-refractivity contribution >= 4 is 5.91 Å². The Labute approximate surface area is 510 Å². The van der Waals surface area contributed by atoms with Crippen LogP contribution in [0.15, 0.2) is 48.6 Å². The lowest BCUT2D eigenvalue weighted by Crippen LogP contribution is -2.66. The number of carbonyl (C=O) groups is 1. The number of amides is 1. The molecule has 12 N–H and O–H groups in total. The van der Waals surface area contributed by atoms with Gasteiger partial charge in [0.1, 0.15) is 73.2 Å². The molecule has 3 aliphatic heterocycles. The quantitative estimate of drug-likeness (QED) is 0.0204. The van der Waals surface area contributed by atoms with E-state index in [1.54, 1.807) is 12.2 Å². The number of unbranched alkanes of at least 4 members (excludes halogenated alkanes) is 28. The van der Waals surface area contributed by atoms with E-state index in [9.17, 15) is 61.0 Å². The molecule has 0 radical (unpaired) electrons. The molecule has 0 spiro atoms. The fraction of sp³-hybridized carbons (Fsp3) is 0.864. The largest absolute Gasteiger partial charge is 0.394 e. The molecule has 3 rings (SSSR count). The minimum absolute atomic E-state index is 0.242. The van der Waals surface area contributed by atoms with E-state index in [1.165, 1.54) is 161 Å². The summed E-state index contributed by atoms with van der Waals surface area (Å²) >= 11 is 0. The van der Waals surface area contributed by atoms with Crippen LogP contribution in [0.4, 0.5) is 0 Å². The molecule has 1 amide bonds. The topological polar surface area (TPSA) is 307 Å².